The molecule has 2 aromatic carbocycles. The van der Waals surface area contributed by atoms with Crippen molar-refractivity contribution >= 4 is 17.3 Å². The van der Waals surface area contributed by atoms with Crippen LogP contribution in [0.2, 0.25) is 0 Å². The number of hydrogen-bond acceptors (Lipinski definition) is 6. The highest BCUT2D eigenvalue weighted by atomic mass is 16.5. The van der Waals surface area contributed by atoms with Crippen LogP contribution in [0, 0.1) is 0 Å². The zero-order valence-electron chi connectivity index (χ0n) is 18.1. The molecule has 1 saturated heterocycles. The number of carbonyl (C=O) groups excluding carboxylic acids is 1. The maximum Gasteiger partial charge on any atom is 0.227 e. The number of benzene rings is 2. The summed E-state index contributed by atoms with van der Waals surface area (Å²) in [4.78, 5) is 21.2. The molecule has 0 saturated carbocycles. The fourth-order valence-electron chi connectivity index (χ4n) is 3.50. The van der Waals surface area contributed by atoms with Crippen molar-refractivity contribution in [2.75, 3.05) is 13.7 Å². The minimum absolute atomic E-state index is 0.0507. The Morgan fingerprint density at radius 3 is 2.50 bits per heavy atom. The molecule has 2 heterocycles. The highest BCUT2D eigenvalue weighted by Gasteiger charge is 2.20. The van der Waals surface area contributed by atoms with Crippen LogP contribution >= 0.6 is 0 Å². The molecule has 32 heavy (non-hydrogen) atoms. The topological polar surface area (TPSA) is 110 Å². The number of nitrogens with two attached hydrogens (primary N) is 1. The number of nitrogens with zero attached hydrogens (tertiary/aromatic N) is 2. The van der Waals surface area contributed by atoms with E-state index in [9.17, 15) is 4.79 Å². The van der Waals surface area contributed by atoms with Crippen molar-refractivity contribution in [3.63, 3.8) is 0 Å². The molecule has 166 valence electrons. The third-order valence-electron chi connectivity index (χ3n) is 5.06. The number of pyridine rings is 1. The fraction of sp³-hybridized carbons (Fsp3) is 0.240. The summed E-state index contributed by atoms with van der Waals surface area (Å²) in [6.45, 7) is 1.00. The van der Waals surface area contributed by atoms with E-state index in [1.807, 2.05) is 30.3 Å². The summed E-state index contributed by atoms with van der Waals surface area (Å²) in [6.07, 6.45) is 5.17. The molecule has 1 atom stereocenters. The van der Waals surface area contributed by atoms with Gasteiger partial charge in [-0.2, -0.15) is 0 Å². The van der Waals surface area contributed by atoms with Gasteiger partial charge in [0.05, 0.1) is 5.69 Å². The van der Waals surface area contributed by atoms with Crippen molar-refractivity contribution in [3.05, 3.63) is 84.1 Å². The third kappa shape index (κ3) is 6.00. The van der Waals surface area contributed by atoms with Gasteiger partial charge in [0, 0.05) is 30.5 Å². The lowest BCUT2D eigenvalue weighted by Gasteiger charge is -2.25. The lowest BCUT2D eigenvalue weighted by molar-refractivity contribution is 0.106. The van der Waals surface area contributed by atoms with Crippen LogP contribution < -0.4 is 15.8 Å². The SMILES string of the molecule is CO.NC(=Nc1ccccc1)C(=O)c1ccc(Oc2ncccc2[C@@H]2CCCCN2)cc1. The van der Waals surface area contributed by atoms with Crippen LogP contribution in [-0.4, -0.2) is 35.4 Å². The molecular formula is C25H28N4O3. The van der Waals surface area contributed by atoms with E-state index in [2.05, 4.69) is 15.3 Å². The van der Waals surface area contributed by atoms with Crippen LogP contribution in [0.4, 0.5) is 5.69 Å². The average molecular weight is 433 g/mol. The number of Topliss-reactive ketones (excluding diaryl/α,β-unsaturated/α-hetero) is 1. The number of para-hydroxylation sites is 1. The molecule has 0 radical (unpaired) electrons. The Bertz CT molecular complexity index is 1030. The zero-order valence-corrected chi connectivity index (χ0v) is 18.1. The van der Waals surface area contributed by atoms with Crippen LogP contribution in [0.15, 0.2) is 77.9 Å². The number of aromatic nitrogens is 1. The van der Waals surface area contributed by atoms with Gasteiger partial charge in [0.25, 0.3) is 0 Å². The number of amidine groups is 1. The van der Waals surface area contributed by atoms with Crippen molar-refractivity contribution in [2.45, 2.75) is 25.3 Å². The van der Waals surface area contributed by atoms with E-state index >= 15 is 0 Å². The number of ketones is 1. The number of aliphatic imine (C=N–C) groups is 1. The van der Waals surface area contributed by atoms with Gasteiger partial charge >= 0.3 is 0 Å². The van der Waals surface area contributed by atoms with Gasteiger partial charge in [-0.15, -0.1) is 0 Å². The molecule has 0 amide bonds. The van der Waals surface area contributed by atoms with E-state index < -0.39 is 0 Å². The standard InChI is InChI=1S/C24H24N4O2.CH4O/c25-23(28-18-7-2-1-3-8-18)22(29)17-11-13-19(14-12-17)30-24-20(9-6-16-27-24)21-10-4-5-15-26-21;1-2/h1-3,6-9,11-14,16,21,26H,4-5,10,15H2,(H2,25,28);2H,1H3/t21-;/m0./s1. The maximum atomic E-state index is 12.6. The summed E-state index contributed by atoms with van der Waals surface area (Å²) in [5.41, 5.74) is 8.04. The Balaban J connectivity index is 0.00000141. The minimum atomic E-state index is -0.324. The minimum Gasteiger partial charge on any atom is -0.439 e. The van der Waals surface area contributed by atoms with Gasteiger partial charge < -0.3 is 20.9 Å². The van der Waals surface area contributed by atoms with Gasteiger partial charge in [-0.1, -0.05) is 30.7 Å². The summed E-state index contributed by atoms with van der Waals surface area (Å²) in [6, 6.07) is 20.2. The second kappa shape index (κ2) is 11.7. The van der Waals surface area contributed by atoms with Crippen molar-refractivity contribution in [2.24, 2.45) is 10.7 Å². The molecule has 1 fully saturated rings. The van der Waals surface area contributed by atoms with Crippen molar-refractivity contribution in [3.8, 4) is 11.6 Å². The average Bonchev–Trinajstić information content (AvgIpc) is 2.87. The molecule has 0 bridgehead atoms. The van der Waals surface area contributed by atoms with Crippen LogP contribution in [-0.2, 0) is 0 Å². The molecule has 0 unspecified atom stereocenters. The van der Waals surface area contributed by atoms with Crippen molar-refractivity contribution in [1.82, 2.24) is 10.3 Å². The highest BCUT2D eigenvalue weighted by molar-refractivity contribution is 6.45. The van der Waals surface area contributed by atoms with Gasteiger partial charge in [0.15, 0.2) is 5.84 Å². The number of piperidine rings is 1. The number of nitrogens with one attached hydrogen (secondary N) is 1. The molecule has 1 aliphatic rings. The first-order valence-corrected chi connectivity index (χ1v) is 10.6. The molecule has 7 heteroatoms. The second-order valence-corrected chi connectivity index (χ2v) is 7.19. The largest absolute Gasteiger partial charge is 0.439 e. The first-order chi connectivity index (χ1) is 15.7. The summed E-state index contributed by atoms with van der Waals surface area (Å²) in [5.74, 6) is 0.822. The van der Waals surface area contributed by atoms with Crippen LogP contribution in [0.5, 0.6) is 11.6 Å². The molecular weight excluding hydrogens is 404 g/mol. The second-order valence-electron chi connectivity index (χ2n) is 7.19. The predicted molar refractivity (Wildman–Crippen MR) is 126 cm³/mol. The molecule has 0 spiro atoms. The van der Waals surface area contributed by atoms with E-state index in [1.54, 1.807) is 42.6 Å². The van der Waals surface area contributed by atoms with Crippen LogP contribution in [0.1, 0.15) is 41.2 Å². The number of aliphatic hydroxyl groups excluding tert-OH is 1. The normalized spacial score (nSPS) is 15.9. The lowest BCUT2D eigenvalue weighted by Crippen LogP contribution is -2.27. The molecule has 7 nitrogen and oxygen atoms in total. The van der Waals surface area contributed by atoms with E-state index in [-0.39, 0.29) is 17.7 Å². The van der Waals surface area contributed by atoms with Gasteiger partial charge in [0.2, 0.25) is 11.7 Å². The zero-order chi connectivity index (χ0) is 22.8. The Labute approximate surface area is 188 Å². The Morgan fingerprint density at radius 2 is 1.81 bits per heavy atom. The van der Waals surface area contributed by atoms with Crippen molar-refractivity contribution < 1.29 is 14.6 Å². The third-order valence-corrected chi connectivity index (χ3v) is 5.06. The summed E-state index contributed by atoms with van der Waals surface area (Å²) in [5, 5.41) is 10.5. The predicted octanol–water partition coefficient (Wildman–Crippen LogP) is 4.17. The van der Waals surface area contributed by atoms with E-state index in [1.165, 1.54) is 12.8 Å². The molecule has 1 aromatic heterocycles. The maximum absolute atomic E-state index is 12.6. The van der Waals surface area contributed by atoms with Crippen LogP contribution in [0.3, 0.4) is 0 Å². The van der Waals surface area contributed by atoms with Gasteiger partial charge in [0.1, 0.15) is 5.75 Å². The van der Waals surface area contributed by atoms with E-state index in [4.69, 9.17) is 15.6 Å². The van der Waals surface area contributed by atoms with E-state index in [0.29, 0.717) is 22.9 Å². The Hall–Kier alpha value is -3.55. The van der Waals surface area contributed by atoms with Crippen molar-refractivity contribution in [1.29, 1.82) is 0 Å². The molecule has 0 aliphatic carbocycles. The monoisotopic (exact) mass is 432 g/mol. The number of hydrogen-bond donors (Lipinski definition) is 3. The Morgan fingerprint density at radius 1 is 1.06 bits per heavy atom. The molecule has 3 aromatic rings. The summed E-state index contributed by atoms with van der Waals surface area (Å²) < 4.78 is 6.03. The quantitative estimate of drug-likeness (QED) is 0.306. The summed E-state index contributed by atoms with van der Waals surface area (Å²) in [7, 11) is 1.00. The fourth-order valence-corrected chi connectivity index (χ4v) is 3.50. The number of aliphatic hydroxyl groups is 1. The number of rotatable bonds is 6. The van der Waals surface area contributed by atoms with Gasteiger partial charge in [-0.25, -0.2) is 9.98 Å². The van der Waals surface area contributed by atoms with E-state index in [0.717, 1.165) is 25.6 Å². The lowest BCUT2D eigenvalue weighted by atomic mass is 9.98. The molecule has 4 N–H and O–H groups in total. The first kappa shape index (κ1) is 23.1. The van der Waals surface area contributed by atoms with Gasteiger partial charge in [-0.05, 0) is 61.9 Å². The van der Waals surface area contributed by atoms with Gasteiger partial charge in [-0.3, -0.25) is 4.79 Å². The summed E-state index contributed by atoms with van der Waals surface area (Å²) >= 11 is 0. The molecule has 1 aliphatic heterocycles. The molecule has 4 rings (SSSR count). The number of carbonyl (C=O) groups is 1. The smallest absolute Gasteiger partial charge is 0.227 e. The Kier molecular flexibility index (Phi) is 8.48. The number of ether oxygens (including phenoxy) is 1. The van der Waals surface area contributed by atoms with Crippen LogP contribution in [0.25, 0.3) is 0 Å². The first-order valence-electron chi connectivity index (χ1n) is 10.6. The highest BCUT2D eigenvalue weighted by Crippen LogP contribution is 2.31.